The summed E-state index contributed by atoms with van der Waals surface area (Å²) in [4.78, 5) is 0. The van der Waals surface area contributed by atoms with Crippen LogP contribution in [0.25, 0.3) is 21.9 Å². The second-order valence-corrected chi connectivity index (χ2v) is 10.9. The Bertz CT molecular complexity index is 1040. The van der Waals surface area contributed by atoms with Crippen LogP contribution in [-0.2, 0) is 32.3 Å². The molecule has 176 valence electrons. The van der Waals surface area contributed by atoms with Crippen molar-refractivity contribution < 1.29 is 50.7 Å². The van der Waals surface area contributed by atoms with Crippen LogP contribution in [-0.4, -0.2) is 12.3 Å². The van der Waals surface area contributed by atoms with Crippen LogP contribution in [0.15, 0.2) is 78.9 Å². The van der Waals surface area contributed by atoms with E-state index < -0.39 is 0 Å². The molecule has 5 rings (SSSR count). The third-order valence-electron chi connectivity index (χ3n) is 6.15. The van der Waals surface area contributed by atoms with Gasteiger partial charge in [-0.1, -0.05) is 76.1 Å². The summed E-state index contributed by atoms with van der Waals surface area (Å²) in [5, 5.41) is 4.48. The molecule has 1 aliphatic carbocycles. The zero-order chi connectivity index (χ0) is 21.5. The average Bonchev–Trinajstić information content (AvgIpc) is 3.41. The molecule has 0 bridgehead atoms. The summed E-state index contributed by atoms with van der Waals surface area (Å²) in [6.07, 6.45) is 9.31. The molecule has 0 spiro atoms. The summed E-state index contributed by atoms with van der Waals surface area (Å²) in [5.74, 6) is 0. The van der Waals surface area contributed by atoms with Gasteiger partial charge in [-0.15, -0.1) is 45.9 Å². The molecule has 4 heteroatoms. The van der Waals surface area contributed by atoms with Gasteiger partial charge in [-0.25, -0.2) is 0 Å². The Morgan fingerprint density at radius 1 is 0.824 bits per heavy atom. The van der Waals surface area contributed by atoms with Crippen molar-refractivity contribution in [2.24, 2.45) is 0 Å². The van der Waals surface area contributed by atoms with Gasteiger partial charge < -0.3 is 24.8 Å². The second kappa shape index (κ2) is 16.0. The molecule has 0 fully saturated rings. The minimum absolute atomic E-state index is 0. The summed E-state index contributed by atoms with van der Waals surface area (Å²) in [5.41, 5.74) is 5.51. The van der Waals surface area contributed by atoms with Crippen LogP contribution in [0.1, 0.15) is 50.7 Å². The number of hydrogen-bond acceptors (Lipinski definition) is 0. The molecule has 0 nitrogen and oxygen atoms in total. The normalized spacial score (nSPS) is 10.8. The first kappa shape index (κ1) is 31.2. The van der Waals surface area contributed by atoms with Crippen molar-refractivity contribution in [1.82, 2.24) is 0 Å². The van der Waals surface area contributed by atoms with Crippen LogP contribution in [0.2, 0.25) is 0 Å². The van der Waals surface area contributed by atoms with E-state index in [1.54, 1.807) is 5.30 Å². The van der Waals surface area contributed by atoms with Crippen molar-refractivity contribution in [3.63, 3.8) is 0 Å². The number of halogens is 2. The van der Waals surface area contributed by atoms with Crippen LogP contribution < -0.4 is 30.1 Å². The van der Waals surface area contributed by atoms with Crippen molar-refractivity contribution in [2.75, 3.05) is 12.3 Å². The predicted molar refractivity (Wildman–Crippen MR) is 139 cm³/mol. The number of benzene rings is 3. The van der Waals surface area contributed by atoms with Gasteiger partial charge in [-0.05, 0) is 31.6 Å². The van der Waals surface area contributed by atoms with Crippen LogP contribution >= 0.6 is 7.92 Å². The molecule has 0 aromatic heterocycles. The Balaban J connectivity index is 0.000000323. The van der Waals surface area contributed by atoms with E-state index in [9.17, 15) is 0 Å². The van der Waals surface area contributed by atoms with Crippen LogP contribution in [0.5, 0.6) is 0 Å². The third kappa shape index (κ3) is 7.83. The summed E-state index contributed by atoms with van der Waals surface area (Å²) in [6.45, 7) is 4.60. The van der Waals surface area contributed by atoms with Gasteiger partial charge in [0, 0.05) is 0 Å². The van der Waals surface area contributed by atoms with Crippen LogP contribution in [0.4, 0.5) is 0 Å². The van der Waals surface area contributed by atoms with E-state index in [0.717, 1.165) is 6.42 Å². The molecule has 0 heterocycles. The van der Waals surface area contributed by atoms with E-state index in [2.05, 4.69) is 92.7 Å². The van der Waals surface area contributed by atoms with Gasteiger partial charge >= 0.3 is 25.8 Å². The standard InChI is InChI=1S/C17H24P.C13H9.2ClH.Hf/c1-3-5-11-18(12-6-4-2)17-13-15-9-7-8-10-16(15)14-17;1-3-7-12-10(5-1)9-11-6-2-4-8-13(11)12;;;/h7-10,13-14H,3-6,11-12H2,1-2H3;1-5,7-8H,9H2;2*1H;/q2*-1;;;+4/p-2. The first-order valence-electron chi connectivity index (χ1n) is 11.8. The maximum atomic E-state index is 3.30. The van der Waals surface area contributed by atoms with Crippen LogP contribution in [0, 0.1) is 6.07 Å². The van der Waals surface area contributed by atoms with E-state index in [4.69, 9.17) is 0 Å². The maximum absolute atomic E-state index is 3.30. The number of fused-ring (bicyclic) bond motifs is 4. The van der Waals surface area contributed by atoms with Crippen molar-refractivity contribution >= 4 is 24.0 Å². The topological polar surface area (TPSA) is 0 Å². The fourth-order valence-electron chi connectivity index (χ4n) is 4.38. The summed E-state index contributed by atoms with van der Waals surface area (Å²) in [7, 11) is 0.0856. The fourth-order valence-corrected chi connectivity index (χ4v) is 7.16. The first-order valence-corrected chi connectivity index (χ1v) is 13.5. The molecule has 0 aliphatic heterocycles. The smallest absolute Gasteiger partial charge is 1.00 e. The Hall–Kier alpha value is -0.850. The summed E-state index contributed by atoms with van der Waals surface area (Å²) in [6, 6.07) is 31.8. The molecule has 0 N–H and O–H groups in total. The molecule has 0 amide bonds. The third-order valence-corrected chi connectivity index (χ3v) is 8.85. The molecule has 1 aliphatic rings. The molecule has 4 aromatic rings. The fraction of sp³-hybridized carbons (Fsp3) is 0.300. The molecule has 34 heavy (non-hydrogen) atoms. The number of unbranched alkanes of at least 4 members (excludes halogenated alkanes) is 2. The van der Waals surface area contributed by atoms with Gasteiger partial charge in [0.15, 0.2) is 0 Å². The first-order chi connectivity index (χ1) is 15.3. The molecule has 0 saturated heterocycles. The van der Waals surface area contributed by atoms with E-state index in [-0.39, 0.29) is 58.6 Å². The molecule has 4 aromatic carbocycles. The number of hydrogen-bond donors (Lipinski definition) is 0. The maximum Gasteiger partial charge on any atom is 4.00 e. The van der Waals surface area contributed by atoms with E-state index in [1.165, 1.54) is 71.0 Å². The van der Waals surface area contributed by atoms with Gasteiger partial charge in [0.25, 0.3) is 0 Å². The minimum Gasteiger partial charge on any atom is -1.00 e. The van der Waals surface area contributed by atoms with Gasteiger partial charge in [0.05, 0.1) is 0 Å². The van der Waals surface area contributed by atoms with Gasteiger partial charge in [0.2, 0.25) is 0 Å². The molecule has 0 unspecified atom stereocenters. The Morgan fingerprint density at radius 2 is 1.47 bits per heavy atom. The monoisotopic (exact) mass is 674 g/mol. The quantitative estimate of drug-likeness (QED) is 0.142. The molecule has 0 saturated carbocycles. The van der Waals surface area contributed by atoms with Gasteiger partial charge in [-0.2, -0.15) is 35.9 Å². The molecule has 0 radical (unpaired) electrons. The predicted octanol–water partition coefficient (Wildman–Crippen LogP) is 2.33. The second-order valence-electron chi connectivity index (χ2n) is 8.43. The minimum atomic E-state index is 0. The van der Waals surface area contributed by atoms with E-state index in [1.807, 2.05) is 6.07 Å². The van der Waals surface area contributed by atoms with Crippen molar-refractivity contribution in [3.05, 3.63) is 96.1 Å². The van der Waals surface area contributed by atoms with Crippen molar-refractivity contribution in [3.8, 4) is 11.1 Å². The molecular formula is C30H33Cl2HfP. The van der Waals surface area contributed by atoms with Crippen LogP contribution in [0.3, 0.4) is 0 Å². The summed E-state index contributed by atoms with van der Waals surface area (Å²) >= 11 is 0. The largest absolute Gasteiger partial charge is 4.00 e. The van der Waals surface area contributed by atoms with Crippen molar-refractivity contribution in [1.29, 1.82) is 0 Å². The van der Waals surface area contributed by atoms with E-state index >= 15 is 0 Å². The number of rotatable bonds is 7. The van der Waals surface area contributed by atoms with E-state index in [0.29, 0.717) is 0 Å². The average molecular weight is 674 g/mol. The molecular weight excluding hydrogens is 641 g/mol. The van der Waals surface area contributed by atoms with Gasteiger partial charge in [0.1, 0.15) is 0 Å². The Kier molecular flexibility index (Phi) is 14.7. The SMILES string of the molecule is CCCCP(CCCC)c1cc2ccccc2[cH-]1.[Cl-].[Cl-].[Hf+4].[c-]1cccc2c1Cc1ccccc1-2. The zero-order valence-corrected chi connectivity index (χ0v) is 26.2. The Labute approximate surface area is 238 Å². The summed E-state index contributed by atoms with van der Waals surface area (Å²) < 4.78 is 0. The zero-order valence-electron chi connectivity index (χ0n) is 20.2. The Morgan fingerprint density at radius 3 is 2.18 bits per heavy atom. The van der Waals surface area contributed by atoms with Crippen molar-refractivity contribution in [2.45, 2.75) is 46.0 Å². The van der Waals surface area contributed by atoms with Gasteiger partial charge in [-0.3, -0.25) is 0 Å². The molecule has 0 atom stereocenters.